The maximum Gasteiger partial charge on any atom is 0.269 e. The van der Waals surface area contributed by atoms with Gasteiger partial charge in [-0.05, 0) is 42.0 Å². The first kappa shape index (κ1) is 20.3. The predicted molar refractivity (Wildman–Crippen MR) is 102 cm³/mol. The second-order valence-corrected chi connectivity index (χ2v) is 7.63. The molecule has 0 saturated heterocycles. The van der Waals surface area contributed by atoms with Crippen molar-refractivity contribution in [1.29, 1.82) is 0 Å². The lowest BCUT2D eigenvalue weighted by molar-refractivity contribution is -0.114. The van der Waals surface area contributed by atoms with Crippen molar-refractivity contribution in [3.8, 4) is 0 Å². The zero-order valence-corrected chi connectivity index (χ0v) is 15.7. The first-order chi connectivity index (χ1) is 12.6. The Bertz CT molecular complexity index is 738. The molecule has 0 radical (unpaired) electrons. The van der Waals surface area contributed by atoms with E-state index in [9.17, 15) is 13.6 Å². The van der Waals surface area contributed by atoms with Crippen LogP contribution in [0.1, 0.15) is 5.56 Å². The zero-order chi connectivity index (χ0) is 18.8. The molecule has 26 heavy (non-hydrogen) atoms. The molecule has 0 spiro atoms. The van der Waals surface area contributed by atoms with Gasteiger partial charge in [0.05, 0.1) is 0 Å². The van der Waals surface area contributed by atoms with Gasteiger partial charge in [0, 0.05) is 23.6 Å². The van der Waals surface area contributed by atoms with Crippen LogP contribution in [0.15, 0.2) is 58.6 Å². The van der Waals surface area contributed by atoms with Crippen LogP contribution in [0.2, 0.25) is 0 Å². The molecule has 0 aromatic heterocycles. The highest BCUT2D eigenvalue weighted by Gasteiger charge is 2.13. The molecule has 0 unspecified atom stereocenters. The van der Waals surface area contributed by atoms with E-state index in [4.69, 9.17) is 4.84 Å². The van der Waals surface area contributed by atoms with Gasteiger partial charge in [-0.2, -0.15) is 0 Å². The third-order valence-electron chi connectivity index (χ3n) is 3.19. The second kappa shape index (κ2) is 10.8. The standard InChI is InChI=1S/C18H18F2N2O2S2/c1-24-22-17(12-13-2-4-14(19)5-3-13)18(23)21-10-11-25-26-16-8-6-15(20)7-9-16/h2-9H,10-12H2,1H3,(H,21,23)/b22-17+. The summed E-state index contributed by atoms with van der Waals surface area (Å²) in [6, 6.07) is 12.1. The minimum absolute atomic E-state index is 0.218. The highest BCUT2D eigenvalue weighted by Crippen LogP contribution is 2.30. The summed E-state index contributed by atoms with van der Waals surface area (Å²) in [5.41, 5.74) is 0.980. The lowest BCUT2D eigenvalue weighted by Crippen LogP contribution is -2.33. The highest BCUT2D eigenvalue weighted by molar-refractivity contribution is 8.76. The van der Waals surface area contributed by atoms with Crippen LogP contribution in [-0.4, -0.2) is 31.0 Å². The number of carbonyl (C=O) groups excluding carboxylic acids is 1. The Hall–Kier alpha value is -2.06. The van der Waals surface area contributed by atoms with E-state index in [0.717, 1.165) is 10.5 Å². The third kappa shape index (κ3) is 7.05. The summed E-state index contributed by atoms with van der Waals surface area (Å²) >= 11 is 0. The Balaban J connectivity index is 1.75. The number of oxime groups is 1. The normalized spacial score (nSPS) is 11.3. The molecule has 0 saturated carbocycles. The molecule has 138 valence electrons. The summed E-state index contributed by atoms with van der Waals surface area (Å²) in [4.78, 5) is 17.9. The molecule has 2 aromatic carbocycles. The molecule has 1 amide bonds. The maximum absolute atomic E-state index is 13.0. The molecule has 0 bridgehead atoms. The number of nitrogens with one attached hydrogen (secondary N) is 1. The topological polar surface area (TPSA) is 50.7 Å². The minimum atomic E-state index is -0.334. The average Bonchev–Trinajstić information content (AvgIpc) is 2.64. The molecule has 8 heteroatoms. The minimum Gasteiger partial charge on any atom is -0.399 e. The van der Waals surface area contributed by atoms with Crippen molar-refractivity contribution >= 4 is 33.2 Å². The fraction of sp³-hybridized carbons (Fsp3) is 0.222. The predicted octanol–water partition coefficient (Wildman–Crippen LogP) is 4.07. The van der Waals surface area contributed by atoms with Crippen LogP contribution in [0.5, 0.6) is 0 Å². The van der Waals surface area contributed by atoms with Gasteiger partial charge in [-0.1, -0.05) is 38.9 Å². The molecule has 0 aliphatic rings. The van der Waals surface area contributed by atoms with Gasteiger partial charge < -0.3 is 10.2 Å². The number of benzene rings is 2. The van der Waals surface area contributed by atoms with Crippen LogP contribution in [0.3, 0.4) is 0 Å². The van der Waals surface area contributed by atoms with Gasteiger partial charge in [0.25, 0.3) is 5.91 Å². The monoisotopic (exact) mass is 396 g/mol. The van der Waals surface area contributed by atoms with E-state index in [-0.39, 0.29) is 29.7 Å². The van der Waals surface area contributed by atoms with Crippen LogP contribution in [0.4, 0.5) is 8.78 Å². The summed E-state index contributed by atoms with van der Waals surface area (Å²) < 4.78 is 25.8. The second-order valence-electron chi connectivity index (χ2n) is 5.14. The summed E-state index contributed by atoms with van der Waals surface area (Å²) in [6.07, 6.45) is 0.247. The Labute approximate surface area is 158 Å². The summed E-state index contributed by atoms with van der Waals surface area (Å²) in [6.45, 7) is 0.448. The summed E-state index contributed by atoms with van der Waals surface area (Å²) in [5.74, 6) is -0.259. The average molecular weight is 396 g/mol. The van der Waals surface area contributed by atoms with Crippen LogP contribution in [0, 0.1) is 11.6 Å². The van der Waals surface area contributed by atoms with Gasteiger partial charge >= 0.3 is 0 Å². The number of carbonyl (C=O) groups is 1. The van der Waals surface area contributed by atoms with E-state index < -0.39 is 0 Å². The van der Waals surface area contributed by atoms with E-state index >= 15 is 0 Å². The molecular formula is C18H18F2N2O2S2. The first-order valence-corrected chi connectivity index (χ1v) is 10.1. The first-order valence-electron chi connectivity index (χ1n) is 7.76. The Morgan fingerprint density at radius 1 is 1.08 bits per heavy atom. The number of halogens is 2. The number of hydrogen-bond donors (Lipinski definition) is 1. The smallest absolute Gasteiger partial charge is 0.269 e. The van der Waals surface area contributed by atoms with Crippen molar-refractivity contribution in [2.45, 2.75) is 11.3 Å². The van der Waals surface area contributed by atoms with Gasteiger partial charge in [-0.3, -0.25) is 4.79 Å². The van der Waals surface area contributed by atoms with Crippen molar-refractivity contribution in [2.24, 2.45) is 5.16 Å². The Morgan fingerprint density at radius 2 is 1.69 bits per heavy atom. The van der Waals surface area contributed by atoms with E-state index in [1.54, 1.807) is 35.1 Å². The van der Waals surface area contributed by atoms with Crippen molar-refractivity contribution in [3.05, 3.63) is 65.7 Å². The maximum atomic E-state index is 13.0. The van der Waals surface area contributed by atoms with E-state index in [1.807, 2.05) is 0 Å². The van der Waals surface area contributed by atoms with Crippen LogP contribution < -0.4 is 5.32 Å². The van der Waals surface area contributed by atoms with E-state index in [2.05, 4.69) is 10.5 Å². The SMILES string of the molecule is CO/N=C(\Cc1ccc(F)cc1)C(=O)NCCSSc1ccc(F)cc1. The molecule has 0 atom stereocenters. The van der Waals surface area contributed by atoms with Gasteiger partial charge in [0.1, 0.15) is 24.5 Å². The molecule has 1 N–H and O–H groups in total. The van der Waals surface area contributed by atoms with Gasteiger partial charge in [-0.25, -0.2) is 8.78 Å². The number of amides is 1. The molecular weight excluding hydrogens is 378 g/mol. The molecule has 2 rings (SSSR count). The fourth-order valence-corrected chi connectivity index (χ4v) is 3.86. The number of nitrogens with zero attached hydrogens (tertiary/aromatic N) is 1. The molecule has 2 aromatic rings. The van der Waals surface area contributed by atoms with Crippen LogP contribution in [-0.2, 0) is 16.1 Å². The lowest BCUT2D eigenvalue weighted by Gasteiger charge is -2.08. The number of rotatable bonds is 9. The van der Waals surface area contributed by atoms with E-state index in [1.165, 1.54) is 42.2 Å². The van der Waals surface area contributed by atoms with Crippen LogP contribution >= 0.6 is 21.6 Å². The van der Waals surface area contributed by atoms with E-state index in [0.29, 0.717) is 12.3 Å². The van der Waals surface area contributed by atoms with Gasteiger partial charge in [-0.15, -0.1) is 0 Å². The highest BCUT2D eigenvalue weighted by atomic mass is 33.1. The molecule has 4 nitrogen and oxygen atoms in total. The quantitative estimate of drug-likeness (QED) is 0.301. The third-order valence-corrected chi connectivity index (χ3v) is 5.57. The Morgan fingerprint density at radius 3 is 2.31 bits per heavy atom. The molecule has 0 aliphatic carbocycles. The van der Waals surface area contributed by atoms with Crippen molar-refractivity contribution in [2.75, 3.05) is 19.4 Å². The summed E-state index contributed by atoms with van der Waals surface area (Å²) in [5, 5.41) is 6.54. The van der Waals surface area contributed by atoms with Crippen LogP contribution in [0.25, 0.3) is 0 Å². The van der Waals surface area contributed by atoms with Gasteiger partial charge in [0.15, 0.2) is 0 Å². The Kier molecular flexibility index (Phi) is 8.43. The van der Waals surface area contributed by atoms with Crippen molar-refractivity contribution < 1.29 is 18.4 Å². The molecule has 0 heterocycles. The largest absolute Gasteiger partial charge is 0.399 e. The van der Waals surface area contributed by atoms with Crippen molar-refractivity contribution in [3.63, 3.8) is 0 Å². The summed E-state index contributed by atoms with van der Waals surface area (Å²) in [7, 11) is 4.43. The lowest BCUT2D eigenvalue weighted by atomic mass is 10.1. The molecule has 0 aliphatic heterocycles. The number of hydrogen-bond acceptors (Lipinski definition) is 5. The van der Waals surface area contributed by atoms with Crippen molar-refractivity contribution in [1.82, 2.24) is 5.32 Å². The zero-order valence-electron chi connectivity index (χ0n) is 14.1. The molecule has 0 fully saturated rings. The fourth-order valence-electron chi connectivity index (χ4n) is 1.97. The van der Waals surface area contributed by atoms with Gasteiger partial charge in [0.2, 0.25) is 0 Å².